The van der Waals surface area contributed by atoms with Gasteiger partial charge < -0.3 is 9.67 Å². The predicted octanol–water partition coefficient (Wildman–Crippen LogP) is 3.39. The monoisotopic (exact) mass is 437 g/mol. The van der Waals surface area contributed by atoms with Crippen molar-refractivity contribution in [3.63, 3.8) is 0 Å². The number of fused-ring (bicyclic) bond motifs is 3. The molecule has 2 aromatic heterocycles. The normalized spacial score (nSPS) is 15.8. The Balaban J connectivity index is 1.48. The van der Waals surface area contributed by atoms with E-state index in [-0.39, 0.29) is 24.1 Å². The van der Waals surface area contributed by atoms with Crippen LogP contribution in [0, 0.1) is 18.6 Å². The lowest BCUT2D eigenvalue weighted by Gasteiger charge is -2.27. The van der Waals surface area contributed by atoms with Crippen molar-refractivity contribution < 1.29 is 18.7 Å². The Morgan fingerprint density at radius 1 is 1.19 bits per heavy atom. The zero-order valence-electron chi connectivity index (χ0n) is 17.6. The van der Waals surface area contributed by atoms with Crippen molar-refractivity contribution in [3.8, 4) is 0 Å². The number of carbonyl (C=O) groups is 1. The maximum Gasteiger partial charge on any atom is 0.520 e. The molecule has 0 fully saturated rings. The maximum atomic E-state index is 14.8. The lowest BCUT2D eigenvalue weighted by atomic mass is 10.00. The second-order valence-corrected chi connectivity index (χ2v) is 8.33. The van der Waals surface area contributed by atoms with Crippen LogP contribution in [0.1, 0.15) is 40.7 Å². The number of hydrogen-bond acceptors (Lipinski definition) is 3. The van der Waals surface area contributed by atoms with Gasteiger partial charge in [0.05, 0.1) is 22.9 Å². The molecule has 1 atom stereocenters. The number of carbonyl (C=O) groups excluding carboxylic acids is 1. The summed E-state index contributed by atoms with van der Waals surface area (Å²) in [6.07, 6.45) is 1.98. The summed E-state index contributed by atoms with van der Waals surface area (Å²) in [5, 5.41) is 16.9. The summed E-state index contributed by atoms with van der Waals surface area (Å²) in [6, 6.07) is 11.2. The highest BCUT2D eigenvalue weighted by Gasteiger charge is 2.30. The smallest absolute Gasteiger partial charge is 0.520 e. The van der Waals surface area contributed by atoms with Gasteiger partial charge in [0.15, 0.2) is 0 Å². The first-order valence-corrected chi connectivity index (χ1v) is 10.6. The molecular formula is C24H23F2N4O2+. The first-order chi connectivity index (χ1) is 15.4. The van der Waals surface area contributed by atoms with E-state index in [4.69, 9.17) is 5.11 Å². The van der Waals surface area contributed by atoms with Crippen LogP contribution in [0.2, 0.25) is 0 Å². The molecule has 0 saturated heterocycles. The molecule has 3 heterocycles. The molecule has 0 radical (unpaired) electrons. The third-order valence-electron chi connectivity index (χ3n) is 6.35. The van der Waals surface area contributed by atoms with Crippen LogP contribution in [0.3, 0.4) is 0 Å². The van der Waals surface area contributed by atoms with E-state index < -0.39 is 5.97 Å². The Morgan fingerprint density at radius 3 is 2.72 bits per heavy atom. The molecule has 4 aromatic rings. The Morgan fingerprint density at radius 2 is 1.97 bits per heavy atom. The molecule has 0 bridgehead atoms. The standard InChI is InChI=1S/C24H22F2N4O2/c1-14-21(11-15-5-7-16(25)8-6-15)27-28-30(14)17-9-10-22-19(12-23(31)32)18-3-2-4-20(26)24(18)29(22)13-17/h2-8,17H,9-13H2,1H3,(H,31,32)/p+1. The van der Waals surface area contributed by atoms with Gasteiger partial charge in [-0.25, -0.2) is 13.5 Å². The van der Waals surface area contributed by atoms with Crippen molar-refractivity contribution in [2.75, 3.05) is 0 Å². The van der Waals surface area contributed by atoms with E-state index in [0.29, 0.717) is 30.3 Å². The van der Waals surface area contributed by atoms with Crippen LogP contribution < -0.4 is 0 Å². The molecule has 2 aromatic carbocycles. The Hall–Kier alpha value is -3.55. The highest BCUT2D eigenvalue weighted by atomic mass is 19.1. The summed E-state index contributed by atoms with van der Waals surface area (Å²) >= 11 is 0. The van der Waals surface area contributed by atoms with Gasteiger partial charge in [-0.05, 0) is 49.1 Å². The highest BCUT2D eigenvalue weighted by Crippen LogP contribution is 2.36. The van der Waals surface area contributed by atoms with Crippen LogP contribution in [0.5, 0.6) is 0 Å². The molecule has 0 spiro atoms. The van der Waals surface area contributed by atoms with Crippen LogP contribution >= 0.6 is 0 Å². The van der Waals surface area contributed by atoms with Gasteiger partial charge in [0.25, 0.3) is 0 Å². The predicted molar refractivity (Wildman–Crippen MR) is 116 cm³/mol. The van der Waals surface area contributed by atoms with Crippen molar-refractivity contribution in [2.45, 2.75) is 45.2 Å². The fraction of sp³-hybridized carbons (Fsp3) is 0.292. The van der Waals surface area contributed by atoms with Crippen LogP contribution in [0.4, 0.5) is 8.78 Å². The summed E-state index contributed by atoms with van der Waals surface area (Å²) in [6.45, 7) is 2.48. The lowest BCUT2D eigenvalue weighted by molar-refractivity contribution is -0.136. The van der Waals surface area contributed by atoms with E-state index in [9.17, 15) is 13.6 Å². The molecular weight excluding hydrogens is 414 g/mol. The van der Waals surface area contributed by atoms with Crippen molar-refractivity contribution in [1.82, 2.24) is 19.6 Å². The topological polar surface area (TPSA) is 75.6 Å². The lowest BCUT2D eigenvalue weighted by Crippen LogP contribution is -2.25. The van der Waals surface area contributed by atoms with Gasteiger partial charge >= 0.3 is 5.97 Å². The summed E-state index contributed by atoms with van der Waals surface area (Å²) in [4.78, 5) is 11.5. The number of nitrogens with zero attached hydrogens (tertiary/aromatic N) is 4. The number of hydrogen-bond donors (Lipinski definition) is 0. The first kappa shape index (κ1) is 20.4. The molecule has 8 heteroatoms. The second kappa shape index (κ2) is 7.85. The minimum Gasteiger partial charge on any atom is -0.564 e. The molecule has 1 aliphatic heterocycles. The van der Waals surface area contributed by atoms with Crippen molar-refractivity contribution in [1.29, 1.82) is 0 Å². The van der Waals surface area contributed by atoms with Crippen LogP contribution in [-0.4, -0.2) is 30.6 Å². The molecule has 5 rings (SSSR count). The van der Waals surface area contributed by atoms with E-state index in [1.165, 1.54) is 18.2 Å². The molecule has 0 aliphatic carbocycles. The van der Waals surface area contributed by atoms with E-state index in [1.807, 2.05) is 22.2 Å². The van der Waals surface area contributed by atoms with Gasteiger partial charge in [-0.2, -0.15) is 0 Å². The van der Waals surface area contributed by atoms with Crippen LogP contribution in [-0.2, 0) is 30.6 Å². The van der Waals surface area contributed by atoms with Crippen molar-refractivity contribution in [3.05, 3.63) is 82.3 Å². The van der Waals surface area contributed by atoms with Crippen molar-refractivity contribution >= 4 is 16.9 Å². The first-order valence-electron chi connectivity index (χ1n) is 10.6. The zero-order valence-corrected chi connectivity index (χ0v) is 17.6. The van der Waals surface area contributed by atoms with E-state index >= 15 is 0 Å². The minimum atomic E-state index is -0.677. The summed E-state index contributed by atoms with van der Waals surface area (Å²) in [5.74, 6) is -1.28. The average Bonchev–Trinajstić information content (AvgIpc) is 3.28. The molecule has 6 nitrogen and oxygen atoms in total. The molecule has 1 aliphatic rings. The minimum absolute atomic E-state index is 0.00766. The fourth-order valence-corrected chi connectivity index (χ4v) is 4.82. The molecule has 0 amide bonds. The number of halogens is 2. The molecule has 1 unspecified atom stereocenters. The summed E-state index contributed by atoms with van der Waals surface area (Å²) in [5.41, 5.74) is 4.87. The van der Waals surface area contributed by atoms with Gasteiger partial charge in [-0.1, -0.05) is 29.5 Å². The van der Waals surface area contributed by atoms with Gasteiger partial charge in [0.1, 0.15) is 18.1 Å². The third-order valence-corrected chi connectivity index (χ3v) is 6.35. The molecule has 0 saturated carbocycles. The second-order valence-electron chi connectivity index (χ2n) is 8.33. The summed E-state index contributed by atoms with van der Waals surface area (Å²) in [7, 11) is 0. The van der Waals surface area contributed by atoms with E-state index in [0.717, 1.165) is 34.6 Å². The number of aromatic nitrogens is 4. The van der Waals surface area contributed by atoms with Gasteiger partial charge in [-0.3, -0.25) is 0 Å². The SMILES string of the molecule is Cc1c(Cc2ccc(F)cc2)nnn1C1CCc2c(CC(=O)[OH2+])c3cccc(F)c3n2C1. The Labute approximate surface area is 183 Å². The van der Waals surface area contributed by atoms with Crippen LogP contribution in [0.25, 0.3) is 10.9 Å². The average molecular weight is 437 g/mol. The number of para-hydroxylation sites is 1. The number of benzene rings is 2. The summed E-state index contributed by atoms with van der Waals surface area (Å²) < 4.78 is 31.8. The third kappa shape index (κ3) is 3.45. The van der Waals surface area contributed by atoms with Crippen LogP contribution in [0.15, 0.2) is 42.5 Å². The zero-order chi connectivity index (χ0) is 22.4. The van der Waals surface area contributed by atoms with E-state index in [2.05, 4.69) is 10.3 Å². The maximum absolute atomic E-state index is 14.8. The van der Waals surface area contributed by atoms with E-state index in [1.54, 1.807) is 18.2 Å². The number of rotatable bonds is 5. The molecule has 164 valence electrons. The largest absolute Gasteiger partial charge is 0.564 e. The quantitative estimate of drug-likeness (QED) is 0.449. The van der Waals surface area contributed by atoms with Crippen molar-refractivity contribution in [2.24, 2.45) is 0 Å². The van der Waals surface area contributed by atoms with Gasteiger partial charge in [0, 0.05) is 28.8 Å². The van der Waals surface area contributed by atoms with Gasteiger partial charge in [0.2, 0.25) is 0 Å². The fourth-order valence-electron chi connectivity index (χ4n) is 4.82. The Kier molecular flexibility index (Phi) is 5.00. The van der Waals surface area contributed by atoms with Gasteiger partial charge in [-0.15, -0.1) is 5.10 Å². The molecule has 2 N–H and O–H groups in total. The Bertz CT molecular complexity index is 1320. The molecule has 32 heavy (non-hydrogen) atoms. The highest BCUT2D eigenvalue weighted by molar-refractivity contribution is 5.89.